The van der Waals surface area contributed by atoms with Crippen LogP contribution >= 0.6 is 0 Å². The van der Waals surface area contributed by atoms with Crippen LogP contribution in [0.5, 0.6) is 5.75 Å². The number of nitrogens with one attached hydrogen (secondary N) is 1. The third kappa shape index (κ3) is 1.45. The molecule has 0 aliphatic heterocycles. The number of phenolic OH excluding ortho intramolecular Hbond substituents is 1. The number of aromatic nitrogens is 1. The molecule has 1 heterocycles. The van der Waals surface area contributed by atoms with E-state index in [-0.39, 0.29) is 12.3 Å². The van der Waals surface area contributed by atoms with E-state index in [0.717, 1.165) is 10.9 Å². The van der Waals surface area contributed by atoms with Crippen molar-refractivity contribution in [2.24, 2.45) is 5.73 Å². The van der Waals surface area contributed by atoms with Crippen molar-refractivity contribution in [3.05, 3.63) is 30.0 Å². The minimum absolute atomic E-state index is 0.179. The van der Waals surface area contributed by atoms with Gasteiger partial charge in [0.25, 0.3) is 0 Å². The molecule has 2 aromatic rings. The number of phenols is 1. The summed E-state index contributed by atoms with van der Waals surface area (Å²) >= 11 is 0. The van der Waals surface area contributed by atoms with Crippen molar-refractivity contribution < 1.29 is 10.2 Å². The fraction of sp³-hybridized carbons (Fsp3) is 0.200. The molecule has 0 saturated heterocycles. The Labute approximate surface area is 81.0 Å². The average Bonchev–Trinajstić information content (AvgIpc) is 2.59. The van der Waals surface area contributed by atoms with Gasteiger partial charge >= 0.3 is 0 Å². The highest BCUT2D eigenvalue weighted by molar-refractivity contribution is 5.81. The number of aromatic amines is 1. The number of aromatic hydroxyl groups is 1. The van der Waals surface area contributed by atoms with Gasteiger partial charge in [-0.1, -0.05) is 0 Å². The molecular formula is C10H12N2O2. The number of aliphatic hydroxyl groups excluding tert-OH is 1. The van der Waals surface area contributed by atoms with Crippen LogP contribution < -0.4 is 5.73 Å². The highest BCUT2D eigenvalue weighted by atomic mass is 16.3. The summed E-state index contributed by atoms with van der Waals surface area (Å²) in [6, 6.07) is 6.78. The van der Waals surface area contributed by atoms with Gasteiger partial charge < -0.3 is 20.9 Å². The quantitative estimate of drug-likeness (QED) is 0.569. The van der Waals surface area contributed by atoms with Crippen LogP contribution in [0.25, 0.3) is 10.9 Å². The van der Waals surface area contributed by atoms with E-state index in [1.807, 2.05) is 0 Å². The molecule has 74 valence electrons. The van der Waals surface area contributed by atoms with Crippen molar-refractivity contribution in [2.75, 3.05) is 6.54 Å². The van der Waals surface area contributed by atoms with E-state index in [0.29, 0.717) is 5.69 Å². The first kappa shape index (κ1) is 9.05. The number of benzene rings is 1. The van der Waals surface area contributed by atoms with Crippen molar-refractivity contribution in [3.8, 4) is 5.75 Å². The monoisotopic (exact) mass is 192 g/mol. The van der Waals surface area contributed by atoms with Crippen molar-refractivity contribution in [1.29, 1.82) is 0 Å². The Kier molecular flexibility index (Phi) is 2.15. The van der Waals surface area contributed by atoms with Gasteiger partial charge in [0.15, 0.2) is 0 Å². The van der Waals surface area contributed by atoms with Crippen molar-refractivity contribution in [2.45, 2.75) is 6.10 Å². The zero-order chi connectivity index (χ0) is 10.1. The zero-order valence-electron chi connectivity index (χ0n) is 7.57. The predicted octanol–water partition coefficient (Wildman–Crippen LogP) is 0.866. The van der Waals surface area contributed by atoms with E-state index >= 15 is 0 Å². The normalized spacial score (nSPS) is 13.3. The summed E-state index contributed by atoms with van der Waals surface area (Å²) in [4.78, 5) is 3.03. The average molecular weight is 192 g/mol. The maximum atomic E-state index is 9.48. The van der Waals surface area contributed by atoms with Gasteiger partial charge in [-0.05, 0) is 24.3 Å². The lowest BCUT2D eigenvalue weighted by Gasteiger charge is -2.02. The zero-order valence-corrected chi connectivity index (χ0v) is 7.57. The second kappa shape index (κ2) is 3.32. The standard InChI is InChI=1S/C10H12N2O2/c11-5-10(14)9-4-6-3-7(13)1-2-8(6)12-9/h1-4,10,12-14H,5,11H2. The third-order valence-corrected chi connectivity index (χ3v) is 2.21. The van der Waals surface area contributed by atoms with Crippen LogP contribution in [-0.2, 0) is 0 Å². The van der Waals surface area contributed by atoms with Crippen molar-refractivity contribution in [1.82, 2.24) is 4.98 Å². The van der Waals surface area contributed by atoms with Gasteiger partial charge in [0.05, 0.1) is 0 Å². The van der Waals surface area contributed by atoms with Crippen LogP contribution in [-0.4, -0.2) is 21.7 Å². The smallest absolute Gasteiger partial charge is 0.116 e. The van der Waals surface area contributed by atoms with Crippen LogP contribution in [0.4, 0.5) is 0 Å². The molecule has 1 unspecified atom stereocenters. The van der Waals surface area contributed by atoms with E-state index in [2.05, 4.69) is 4.98 Å². The highest BCUT2D eigenvalue weighted by Crippen LogP contribution is 2.23. The molecule has 14 heavy (non-hydrogen) atoms. The fourth-order valence-electron chi connectivity index (χ4n) is 1.45. The molecule has 0 bridgehead atoms. The number of nitrogens with two attached hydrogens (primary N) is 1. The Morgan fingerprint density at radius 1 is 1.36 bits per heavy atom. The topological polar surface area (TPSA) is 82.3 Å². The number of aliphatic hydroxyl groups is 1. The van der Waals surface area contributed by atoms with Crippen molar-refractivity contribution >= 4 is 10.9 Å². The van der Waals surface area contributed by atoms with Crippen LogP contribution in [0, 0.1) is 0 Å². The maximum absolute atomic E-state index is 9.48. The first-order valence-corrected chi connectivity index (χ1v) is 4.40. The molecule has 1 aromatic carbocycles. The first-order valence-electron chi connectivity index (χ1n) is 4.40. The predicted molar refractivity (Wildman–Crippen MR) is 54.0 cm³/mol. The molecule has 0 spiro atoms. The highest BCUT2D eigenvalue weighted by Gasteiger charge is 2.08. The largest absolute Gasteiger partial charge is 0.508 e. The molecule has 0 saturated carbocycles. The Bertz CT molecular complexity index is 450. The Morgan fingerprint density at radius 3 is 2.86 bits per heavy atom. The lowest BCUT2D eigenvalue weighted by molar-refractivity contribution is 0.183. The van der Waals surface area contributed by atoms with Gasteiger partial charge in [-0.15, -0.1) is 0 Å². The molecule has 2 rings (SSSR count). The number of hydrogen-bond donors (Lipinski definition) is 4. The lowest BCUT2D eigenvalue weighted by Crippen LogP contribution is -2.11. The molecule has 5 N–H and O–H groups in total. The van der Waals surface area contributed by atoms with Crippen LogP contribution in [0.3, 0.4) is 0 Å². The first-order chi connectivity index (χ1) is 6.70. The summed E-state index contributed by atoms with van der Waals surface area (Å²) in [6.45, 7) is 0.179. The molecule has 0 amide bonds. The van der Waals surface area contributed by atoms with E-state index in [1.165, 1.54) is 0 Å². The van der Waals surface area contributed by atoms with Crippen LogP contribution in [0.1, 0.15) is 11.8 Å². The summed E-state index contributed by atoms with van der Waals surface area (Å²) in [5, 5.41) is 19.6. The summed E-state index contributed by atoms with van der Waals surface area (Å²) in [7, 11) is 0. The second-order valence-electron chi connectivity index (χ2n) is 3.25. The molecule has 0 aliphatic rings. The van der Waals surface area contributed by atoms with Gasteiger partial charge in [-0.25, -0.2) is 0 Å². The fourth-order valence-corrected chi connectivity index (χ4v) is 1.45. The molecule has 0 fully saturated rings. The molecular weight excluding hydrogens is 180 g/mol. The number of H-pyrrole nitrogens is 1. The summed E-state index contributed by atoms with van der Waals surface area (Å²) in [6.07, 6.45) is -0.676. The lowest BCUT2D eigenvalue weighted by atomic mass is 10.2. The Balaban J connectivity index is 2.51. The minimum atomic E-state index is -0.676. The van der Waals surface area contributed by atoms with Crippen LogP contribution in [0.15, 0.2) is 24.3 Å². The Morgan fingerprint density at radius 2 is 2.14 bits per heavy atom. The molecule has 1 atom stereocenters. The van der Waals surface area contributed by atoms with Gasteiger partial charge in [-0.3, -0.25) is 0 Å². The second-order valence-corrected chi connectivity index (χ2v) is 3.25. The number of hydrogen-bond acceptors (Lipinski definition) is 3. The van der Waals surface area contributed by atoms with Gasteiger partial charge in [0.2, 0.25) is 0 Å². The van der Waals surface area contributed by atoms with Gasteiger partial charge in [0, 0.05) is 23.1 Å². The van der Waals surface area contributed by atoms with Gasteiger partial charge in [0.1, 0.15) is 11.9 Å². The van der Waals surface area contributed by atoms with Crippen molar-refractivity contribution in [3.63, 3.8) is 0 Å². The molecule has 1 aromatic heterocycles. The minimum Gasteiger partial charge on any atom is -0.508 e. The van der Waals surface area contributed by atoms with E-state index in [4.69, 9.17) is 5.73 Å². The number of rotatable bonds is 2. The summed E-state index contributed by atoms with van der Waals surface area (Å²) in [5.74, 6) is 0.213. The third-order valence-electron chi connectivity index (χ3n) is 2.21. The van der Waals surface area contributed by atoms with Gasteiger partial charge in [-0.2, -0.15) is 0 Å². The molecule has 0 aliphatic carbocycles. The maximum Gasteiger partial charge on any atom is 0.116 e. The van der Waals surface area contributed by atoms with E-state index < -0.39 is 6.10 Å². The number of fused-ring (bicyclic) bond motifs is 1. The summed E-state index contributed by atoms with van der Waals surface area (Å²) < 4.78 is 0. The van der Waals surface area contributed by atoms with Crippen LogP contribution in [0.2, 0.25) is 0 Å². The van der Waals surface area contributed by atoms with E-state index in [9.17, 15) is 10.2 Å². The Hall–Kier alpha value is -1.52. The van der Waals surface area contributed by atoms with E-state index in [1.54, 1.807) is 24.3 Å². The molecule has 4 heteroatoms. The summed E-state index contributed by atoms with van der Waals surface area (Å²) in [5.41, 5.74) is 6.89. The SMILES string of the molecule is NCC(O)c1cc2cc(O)ccc2[nH]1. The molecule has 4 nitrogen and oxygen atoms in total. The molecule has 0 radical (unpaired) electrons.